The molecule has 0 unspecified atom stereocenters. The Hall–Kier alpha value is -1.84. The van der Waals surface area contributed by atoms with Gasteiger partial charge in [-0.25, -0.2) is 4.79 Å². The Balaban J connectivity index is 2.37. The minimum atomic E-state index is -1.05. The number of carboxylic acid groups (broad SMARTS) is 1. The molecule has 0 saturated heterocycles. The molecule has 0 spiro atoms. The molecule has 1 N–H and O–H groups in total. The average Bonchev–Trinajstić information content (AvgIpc) is 2.49. The van der Waals surface area contributed by atoms with Gasteiger partial charge in [0.25, 0.3) is 5.91 Å². The third-order valence-corrected chi connectivity index (χ3v) is 4.86. The van der Waals surface area contributed by atoms with E-state index in [0.29, 0.717) is 18.4 Å². The summed E-state index contributed by atoms with van der Waals surface area (Å²) < 4.78 is 0. The molecule has 1 aromatic rings. The smallest absolute Gasteiger partial charge is 0.329 e. The predicted molar refractivity (Wildman–Crippen MR) is 81.5 cm³/mol. The van der Waals surface area contributed by atoms with Crippen LogP contribution in [0.3, 0.4) is 0 Å². The van der Waals surface area contributed by atoms with Crippen LogP contribution in [0.25, 0.3) is 0 Å². The number of likely N-dealkylation sites (N-methyl/N-ethyl adjacent to an activating group) is 1. The first-order valence-corrected chi connectivity index (χ1v) is 7.48. The van der Waals surface area contributed by atoms with Crippen molar-refractivity contribution < 1.29 is 14.7 Å². The Labute approximate surface area is 125 Å². The lowest BCUT2D eigenvalue weighted by molar-refractivity contribution is -0.151. The van der Waals surface area contributed by atoms with Gasteiger partial charge in [0.15, 0.2) is 0 Å². The highest BCUT2D eigenvalue weighted by Crippen LogP contribution is 2.34. The summed E-state index contributed by atoms with van der Waals surface area (Å²) in [5, 5.41) is 9.68. The summed E-state index contributed by atoms with van der Waals surface area (Å²) in [5.74, 6) is -1.08. The molecule has 1 saturated carbocycles. The quantitative estimate of drug-likeness (QED) is 0.930. The lowest BCUT2D eigenvalue weighted by atomic mass is 9.80. The van der Waals surface area contributed by atoms with Crippen molar-refractivity contribution in [3.8, 4) is 0 Å². The van der Waals surface area contributed by atoms with Crippen molar-refractivity contribution in [1.29, 1.82) is 0 Å². The van der Waals surface area contributed by atoms with Gasteiger partial charge < -0.3 is 10.0 Å². The van der Waals surface area contributed by atoms with Crippen LogP contribution in [0, 0.1) is 13.8 Å². The fourth-order valence-corrected chi connectivity index (χ4v) is 3.19. The lowest BCUT2D eigenvalue weighted by Gasteiger charge is -2.41. The van der Waals surface area contributed by atoms with E-state index in [0.717, 1.165) is 30.4 Å². The summed E-state index contributed by atoms with van der Waals surface area (Å²) >= 11 is 0. The molecule has 4 heteroatoms. The topological polar surface area (TPSA) is 57.6 Å². The molecule has 1 aliphatic carbocycles. The number of nitrogens with zero attached hydrogens (tertiary/aromatic N) is 1. The zero-order valence-electron chi connectivity index (χ0n) is 13.0. The summed E-state index contributed by atoms with van der Waals surface area (Å²) in [5.41, 5.74) is 1.52. The summed E-state index contributed by atoms with van der Waals surface area (Å²) in [6.07, 6.45) is 3.83. The molecule has 0 bridgehead atoms. The normalized spacial score (nSPS) is 17.3. The minimum Gasteiger partial charge on any atom is -0.479 e. The van der Waals surface area contributed by atoms with E-state index in [1.807, 2.05) is 26.0 Å². The summed E-state index contributed by atoms with van der Waals surface area (Å²) in [4.78, 5) is 26.1. The van der Waals surface area contributed by atoms with Crippen LogP contribution in [-0.2, 0) is 4.79 Å². The van der Waals surface area contributed by atoms with Crippen LogP contribution in [0.1, 0.15) is 53.6 Å². The van der Waals surface area contributed by atoms with Gasteiger partial charge in [-0.2, -0.15) is 0 Å². The molecule has 1 fully saturated rings. The van der Waals surface area contributed by atoms with Gasteiger partial charge in [-0.1, -0.05) is 31.4 Å². The Morgan fingerprint density at radius 2 is 1.76 bits per heavy atom. The standard InChI is InChI=1S/C17H23NO3/c1-12-8-7-9-14(13(12)2)15(19)18(3)17(16(20)21)10-5-4-6-11-17/h7-9H,4-6,10-11H2,1-3H3,(H,20,21). The number of aliphatic carboxylic acids is 1. The van der Waals surface area contributed by atoms with Crippen LogP contribution in [-0.4, -0.2) is 34.5 Å². The highest BCUT2D eigenvalue weighted by Gasteiger charge is 2.45. The number of hydrogen-bond acceptors (Lipinski definition) is 2. The fraction of sp³-hybridized carbons (Fsp3) is 0.529. The van der Waals surface area contributed by atoms with E-state index in [9.17, 15) is 14.7 Å². The molecule has 0 heterocycles. The summed E-state index contributed by atoms with van der Waals surface area (Å²) in [6, 6.07) is 5.58. The maximum Gasteiger partial charge on any atom is 0.329 e. The van der Waals surface area contributed by atoms with Crippen molar-refractivity contribution in [1.82, 2.24) is 4.90 Å². The van der Waals surface area contributed by atoms with E-state index in [4.69, 9.17) is 0 Å². The highest BCUT2D eigenvalue weighted by molar-refractivity contribution is 5.99. The van der Waals surface area contributed by atoms with E-state index >= 15 is 0 Å². The predicted octanol–water partition coefficient (Wildman–Crippen LogP) is 3.16. The lowest BCUT2D eigenvalue weighted by Crippen LogP contribution is -2.56. The molecule has 1 aromatic carbocycles. The third kappa shape index (κ3) is 2.67. The summed E-state index contributed by atoms with van der Waals surface area (Å²) in [7, 11) is 1.63. The van der Waals surface area contributed by atoms with Crippen LogP contribution in [0.15, 0.2) is 18.2 Å². The van der Waals surface area contributed by atoms with Crippen LogP contribution >= 0.6 is 0 Å². The van der Waals surface area contributed by atoms with Crippen molar-refractivity contribution in [3.05, 3.63) is 34.9 Å². The summed E-state index contributed by atoms with van der Waals surface area (Å²) in [6.45, 7) is 3.87. The molecule has 2 rings (SSSR count). The fourth-order valence-electron chi connectivity index (χ4n) is 3.19. The number of rotatable bonds is 3. The van der Waals surface area contributed by atoms with Gasteiger partial charge >= 0.3 is 5.97 Å². The molecule has 1 amide bonds. The molecule has 0 radical (unpaired) electrons. The van der Waals surface area contributed by atoms with Crippen molar-refractivity contribution in [2.75, 3.05) is 7.05 Å². The monoisotopic (exact) mass is 289 g/mol. The second kappa shape index (κ2) is 5.88. The number of carbonyl (C=O) groups is 2. The molecular weight excluding hydrogens is 266 g/mol. The maximum absolute atomic E-state index is 12.8. The van der Waals surface area contributed by atoms with E-state index < -0.39 is 11.5 Å². The molecule has 1 aliphatic rings. The molecular formula is C17H23NO3. The Bertz CT molecular complexity index is 559. The van der Waals surface area contributed by atoms with Gasteiger partial charge in [0.05, 0.1) is 0 Å². The number of carboxylic acids is 1. The van der Waals surface area contributed by atoms with Gasteiger partial charge in [-0.05, 0) is 43.9 Å². The van der Waals surface area contributed by atoms with Gasteiger partial charge in [-0.3, -0.25) is 4.79 Å². The maximum atomic E-state index is 12.8. The largest absolute Gasteiger partial charge is 0.479 e. The van der Waals surface area contributed by atoms with Crippen LogP contribution in [0.5, 0.6) is 0 Å². The molecule has 0 aliphatic heterocycles. The van der Waals surface area contributed by atoms with Crippen molar-refractivity contribution in [3.63, 3.8) is 0 Å². The first kappa shape index (κ1) is 15.5. The van der Waals surface area contributed by atoms with Crippen LogP contribution in [0.4, 0.5) is 0 Å². The van der Waals surface area contributed by atoms with Crippen LogP contribution in [0.2, 0.25) is 0 Å². The van der Waals surface area contributed by atoms with Gasteiger partial charge in [-0.15, -0.1) is 0 Å². The van der Waals surface area contributed by atoms with Crippen LogP contribution < -0.4 is 0 Å². The number of benzene rings is 1. The van der Waals surface area contributed by atoms with Crippen molar-refractivity contribution in [2.45, 2.75) is 51.5 Å². The first-order chi connectivity index (χ1) is 9.90. The number of carbonyl (C=O) groups excluding carboxylic acids is 1. The van der Waals surface area contributed by atoms with Gasteiger partial charge in [0.1, 0.15) is 5.54 Å². The molecule has 0 atom stereocenters. The SMILES string of the molecule is Cc1cccc(C(=O)N(C)C2(C(=O)O)CCCCC2)c1C. The zero-order chi connectivity index (χ0) is 15.6. The second-order valence-electron chi connectivity index (χ2n) is 6.01. The van der Waals surface area contributed by atoms with Crippen molar-refractivity contribution in [2.24, 2.45) is 0 Å². The Kier molecular flexibility index (Phi) is 4.35. The van der Waals surface area contributed by atoms with E-state index in [1.54, 1.807) is 13.1 Å². The second-order valence-corrected chi connectivity index (χ2v) is 6.01. The third-order valence-electron chi connectivity index (χ3n) is 4.86. The number of amides is 1. The van der Waals surface area contributed by atoms with Gasteiger partial charge in [0, 0.05) is 12.6 Å². The Morgan fingerprint density at radius 3 is 2.33 bits per heavy atom. The van der Waals surface area contributed by atoms with E-state index in [2.05, 4.69) is 0 Å². The van der Waals surface area contributed by atoms with E-state index in [1.165, 1.54) is 4.90 Å². The first-order valence-electron chi connectivity index (χ1n) is 7.48. The molecule has 114 valence electrons. The molecule has 21 heavy (non-hydrogen) atoms. The zero-order valence-corrected chi connectivity index (χ0v) is 13.0. The molecule has 4 nitrogen and oxygen atoms in total. The molecule has 0 aromatic heterocycles. The number of aryl methyl sites for hydroxylation is 1. The van der Waals surface area contributed by atoms with Gasteiger partial charge in [0.2, 0.25) is 0 Å². The number of hydrogen-bond donors (Lipinski definition) is 1. The Morgan fingerprint density at radius 1 is 1.14 bits per heavy atom. The average molecular weight is 289 g/mol. The van der Waals surface area contributed by atoms with Crippen molar-refractivity contribution >= 4 is 11.9 Å². The van der Waals surface area contributed by atoms with E-state index in [-0.39, 0.29) is 5.91 Å². The highest BCUT2D eigenvalue weighted by atomic mass is 16.4. The minimum absolute atomic E-state index is 0.194.